The third-order valence-corrected chi connectivity index (χ3v) is 7.53. The number of carboxylic acid groups (broad SMARTS) is 2. The maximum absolute atomic E-state index is 11.4. The number of ether oxygens (including phenoxy) is 2. The lowest BCUT2D eigenvalue weighted by atomic mass is 9.96. The van der Waals surface area contributed by atoms with Crippen molar-refractivity contribution in [1.82, 2.24) is 9.80 Å². The predicted octanol–water partition coefficient (Wildman–Crippen LogP) is 3.61. The van der Waals surface area contributed by atoms with Gasteiger partial charge in [0.05, 0.1) is 0 Å². The number of carbonyl (C=O) groups excluding carboxylic acids is 1. The summed E-state index contributed by atoms with van der Waals surface area (Å²) in [6.45, 7) is 5.11. The fourth-order valence-electron chi connectivity index (χ4n) is 4.31. The molecule has 2 aromatic carbocycles. The molecule has 0 aromatic heterocycles. The van der Waals surface area contributed by atoms with E-state index in [1.807, 2.05) is 17.8 Å². The number of methoxy groups -OCH3 is 1. The molecule has 2 aliphatic rings. The third-order valence-electron chi connectivity index (χ3n) is 6.08. The normalized spacial score (nSPS) is 17.5. The molecule has 4 rings (SSSR count). The molecule has 2 heterocycles. The van der Waals surface area contributed by atoms with Crippen molar-refractivity contribution in [2.75, 3.05) is 53.0 Å². The summed E-state index contributed by atoms with van der Waals surface area (Å²) in [6.07, 6.45) is 2.08. The average Bonchev–Trinajstić information content (AvgIpc) is 3.05. The molecule has 11 heteroatoms. The van der Waals surface area contributed by atoms with Gasteiger partial charge in [-0.25, -0.2) is 14.4 Å². The molecule has 1 saturated heterocycles. The van der Waals surface area contributed by atoms with Gasteiger partial charge in [0.25, 0.3) is 0 Å². The van der Waals surface area contributed by atoms with Gasteiger partial charge in [-0.05, 0) is 41.8 Å². The van der Waals surface area contributed by atoms with E-state index in [0.29, 0.717) is 24.8 Å². The zero-order chi connectivity index (χ0) is 27.5. The summed E-state index contributed by atoms with van der Waals surface area (Å²) in [7, 11) is 1.50. The molecule has 38 heavy (non-hydrogen) atoms. The van der Waals surface area contributed by atoms with E-state index in [1.54, 1.807) is 0 Å². The van der Waals surface area contributed by atoms with Gasteiger partial charge in [-0.1, -0.05) is 41.6 Å². The largest absolute Gasteiger partial charge is 0.478 e. The Morgan fingerprint density at radius 2 is 1.71 bits per heavy atom. The Balaban J connectivity index is 0.000000436. The Morgan fingerprint density at radius 1 is 1.03 bits per heavy atom. The quantitative estimate of drug-likeness (QED) is 0.365. The molecule has 0 bridgehead atoms. The number of hydrogen-bond donors (Lipinski definition) is 2. The zero-order valence-corrected chi connectivity index (χ0v) is 22.6. The average molecular weight is 563 g/mol. The summed E-state index contributed by atoms with van der Waals surface area (Å²) in [5.41, 5.74) is 2.72. The number of piperazine rings is 1. The predicted molar refractivity (Wildman–Crippen MR) is 144 cm³/mol. The van der Waals surface area contributed by atoms with Crippen LogP contribution in [0, 0.1) is 0 Å². The highest BCUT2D eigenvalue weighted by Crippen LogP contribution is 2.43. The molecule has 9 nitrogen and oxygen atoms in total. The zero-order valence-electron chi connectivity index (χ0n) is 21.0. The first-order valence-corrected chi connectivity index (χ1v) is 13.3. The Hall–Kier alpha value is -2.89. The minimum Gasteiger partial charge on any atom is -0.478 e. The SMILES string of the molecule is COCC(=O)OCCN1CCN(C2Cc3cc(Cl)ccc3Sc3ccccc32)CC1.O=C(O)/C=C\C(=O)O. The highest BCUT2D eigenvalue weighted by Gasteiger charge is 2.30. The monoisotopic (exact) mass is 562 g/mol. The summed E-state index contributed by atoms with van der Waals surface area (Å²) in [6, 6.07) is 15.3. The number of halogens is 1. The van der Waals surface area contributed by atoms with Crippen molar-refractivity contribution < 1.29 is 34.1 Å². The smallest absolute Gasteiger partial charge is 0.332 e. The molecule has 1 atom stereocenters. The number of carboxylic acids is 2. The molecule has 204 valence electrons. The second kappa shape index (κ2) is 14.9. The number of rotatable bonds is 8. The standard InChI is InChI=1S/C23H27ClN2O3S.C4H4O4/c1-28-16-23(27)29-13-12-25-8-10-26(11-9-25)20-15-17-14-18(24)6-7-21(17)30-22-5-3-2-4-19(20)22;5-3(6)1-2-4(7)8/h2-7,14,20H,8-13,15-16H2,1H3;1-2H,(H,5,6)(H,7,8)/b;2-1-. The van der Waals surface area contributed by atoms with E-state index < -0.39 is 11.9 Å². The van der Waals surface area contributed by atoms with Gasteiger partial charge in [0.1, 0.15) is 13.2 Å². The van der Waals surface area contributed by atoms with E-state index in [4.69, 9.17) is 31.3 Å². The van der Waals surface area contributed by atoms with Gasteiger partial charge < -0.3 is 19.7 Å². The molecule has 0 radical (unpaired) electrons. The van der Waals surface area contributed by atoms with Gasteiger partial charge in [0.15, 0.2) is 0 Å². The topological polar surface area (TPSA) is 117 Å². The number of hydrogen-bond acceptors (Lipinski definition) is 8. The molecule has 2 aliphatic heterocycles. The first kappa shape index (κ1) is 29.7. The van der Waals surface area contributed by atoms with E-state index >= 15 is 0 Å². The van der Waals surface area contributed by atoms with Gasteiger partial charge in [0.2, 0.25) is 0 Å². The Morgan fingerprint density at radius 3 is 2.37 bits per heavy atom. The van der Waals surface area contributed by atoms with Crippen LogP contribution in [0.15, 0.2) is 64.4 Å². The summed E-state index contributed by atoms with van der Waals surface area (Å²) < 4.78 is 10.0. The van der Waals surface area contributed by atoms with Gasteiger partial charge in [0, 0.05) is 72.8 Å². The van der Waals surface area contributed by atoms with E-state index in [1.165, 1.54) is 28.0 Å². The number of carbonyl (C=O) groups is 3. The second-order valence-electron chi connectivity index (χ2n) is 8.65. The van der Waals surface area contributed by atoms with Crippen LogP contribution in [0.25, 0.3) is 0 Å². The molecule has 0 amide bonds. The fraction of sp³-hybridized carbons (Fsp3) is 0.370. The van der Waals surface area contributed by atoms with Crippen molar-refractivity contribution in [3.8, 4) is 0 Å². The van der Waals surface area contributed by atoms with Crippen LogP contribution >= 0.6 is 23.4 Å². The molecular weight excluding hydrogens is 532 g/mol. The van der Waals surface area contributed by atoms with Crippen LogP contribution < -0.4 is 0 Å². The summed E-state index contributed by atoms with van der Waals surface area (Å²) in [4.78, 5) is 38.1. The van der Waals surface area contributed by atoms with Gasteiger partial charge >= 0.3 is 17.9 Å². The van der Waals surface area contributed by atoms with Gasteiger partial charge in [-0.2, -0.15) is 0 Å². The number of benzene rings is 2. The number of nitrogens with zero attached hydrogens (tertiary/aromatic N) is 2. The van der Waals surface area contributed by atoms with Crippen LogP contribution in [-0.2, 0) is 30.3 Å². The van der Waals surface area contributed by atoms with Crippen LogP contribution in [0.1, 0.15) is 17.2 Å². The highest BCUT2D eigenvalue weighted by atomic mass is 35.5. The summed E-state index contributed by atoms with van der Waals surface area (Å²) in [5, 5.41) is 16.4. The Kier molecular flexibility index (Phi) is 11.6. The molecule has 2 N–H and O–H groups in total. The van der Waals surface area contributed by atoms with E-state index in [0.717, 1.165) is 44.2 Å². The van der Waals surface area contributed by atoms with E-state index in [9.17, 15) is 14.4 Å². The molecule has 0 spiro atoms. The second-order valence-corrected chi connectivity index (χ2v) is 10.2. The van der Waals surface area contributed by atoms with Crippen molar-refractivity contribution >= 4 is 41.3 Å². The number of aliphatic carboxylic acids is 2. The molecule has 0 aliphatic carbocycles. The minimum absolute atomic E-state index is 0.0123. The lowest BCUT2D eigenvalue weighted by Crippen LogP contribution is -2.48. The minimum atomic E-state index is -1.26. The van der Waals surface area contributed by atoms with Crippen molar-refractivity contribution in [2.45, 2.75) is 22.3 Å². The molecule has 1 fully saturated rings. The van der Waals surface area contributed by atoms with Crippen molar-refractivity contribution in [2.24, 2.45) is 0 Å². The van der Waals surface area contributed by atoms with Crippen molar-refractivity contribution in [3.63, 3.8) is 0 Å². The first-order valence-electron chi connectivity index (χ1n) is 12.1. The fourth-order valence-corrected chi connectivity index (χ4v) is 5.62. The van der Waals surface area contributed by atoms with Crippen LogP contribution in [0.2, 0.25) is 5.02 Å². The Bertz CT molecular complexity index is 1140. The number of fused-ring (bicyclic) bond motifs is 2. The van der Waals surface area contributed by atoms with Crippen LogP contribution in [0.3, 0.4) is 0 Å². The molecule has 1 unspecified atom stereocenters. The van der Waals surface area contributed by atoms with Gasteiger partial charge in [-0.15, -0.1) is 0 Å². The van der Waals surface area contributed by atoms with E-state index in [-0.39, 0.29) is 12.6 Å². The summed E-state index contributed by atoms with van der Waals surface area (Å²) in [5.74, 6) is -2.82. The third kappa shape index (κ3) is 9.14. The maximum Gasteiger partial charge on any atom is 0.332 e. The molecular formula is C27H31ClN2O7S. The molecule has 2 aromatic rings. The van der Waals surface area contributed by atoms with Crippen LogP contribution in [0.4, 0.5) is 0 Å². The lowest BCUT2D eigenvalue weighted by molar-refractivity contribution is -0.148. The van der Waals surface area contributed by atoms with E-state index in [2.05, 4.69) is 46.2 Å². The Labute approximate surface area is 231 Å². The van der Waals surface area contributed by atoms with Crippen molar-refractivity contribution in [1.29, 1.82) is 0 Å². The van der Waals surface area contributed by atoms with Crippen molar-refractivity contribution in [3.05, 3.63) is 70.8 Å². The first-order chi connectivity index (χ1) is 18.3. The van der Waals surface area contributed by atoms with Crippen LogP contribution in [-0.4, -0.2) is 91.0 Å². The maximum atomic E-state index is 11.4. The summed E-state index contributed by atoms with van der Waals surface area (Å²) >= 11 is 8.15. The molecule has 0 saturated carbocycles. The van der Waals surface area contributed by atoms with Crippen LogP contribution in [0.5, 0.6) is 0 Å². The highest BCUT2D eigenvalue weighted by molar-refractivity contribution is 7.99. The van der Waals surface area contributed by atoms with Gasteiger partial charge in [-0.3, -0.25) is 9.80 Å². The lowest BCUT2D eigenvalue weighted by Gasteiger charge is -2.39. The number of esters is 1.